The first-order valence-electron chi connectivity index (χ1n) is 6.47. The number of benzene rings is 1. The molecule has 0 unspecified atom stereocenters. The topological polar surface area (TPSA) is 61.3 Å². The second kappa shape index (κ2) is 5.01. The van der Waals surface area contributed by atoms with E-state index in [9.17, 15) is 4.79 Å². The van der Waals surface area contributed by atoms with Gasteiger partial charge in [0.25, 0.3) is 0 Å². The number of hydrogen-bond donors (Lipinski definition) is 0. The number of aromatic nitrogens is 2. The first kappa shape index (κ1) is 13.3. The largest absolute Gasteiger partial charge is 0.496 e. The Morgan fingerprint density at radius 3 is 2.52 bits per heavy atom. The standard InChI is InChI=1S/C16H14N2O3/c1-9-4-5-10-6-7-11-13(20-2)8-12(16(19)21-3)18-15(11)14(10)17-9/h4-8H,1-3H3. The molecule has 0 aliphatic heterocycles. The molecule has 3 rings (SSSR count). The zero-order valence-corrected chi connectivity index (χ0v) is 12.0. The van der Waals surface area contributed by atoms with Gasteiger partial charge in [0.15, 0.2) is 5.69 Å². The smallest absolute Gasteiger partial charge is 0.356 e. The lowest BCUT2D eigenvalue weighted by Gasteiger charge is -2.09. The van der Waals surface area contributed by atoms with Crippen LogP contribution in [0.1, 0.15) is 16.2 Å². The molecule has 0 spiro atoms. The van der Waals surface area contributed by atoms with Gasteiger partial charge in [-0.25, -0.2) is 9.78 Å². The Labute approximate surface area is 121 Å². The third-order valence-electron chi connectivity index (χ3n) is 3.35. The van der Waals surface area contributed by atoms with Crippen LogP contribution in [0.4, 0.5) is 0 Å². The van der Waals surface area contributed by atoms with Crippen LogP contribution in [0.2, 0.25) is 0 Å². The highest BCUT2D eigenvalue weighted by Gasteiger charge is 2.15. The SMILES string of the molecule is COC(=O)c1cc(OC)c2ccc3ccc(C)nc3c2n1. The zero-order chi connectivity index (χ0) is 15.0. The summed E-state index contributed by atoms with van der Waals surface area (Å²) < 4.78 is 10.1. The first-order valence-corrected chi connectivity index (χ1v) is 6.47. The fraction of sp³-hybridized carbons (Fsp3) is 0.188. The lowest BCUT2D eigenvalue weighted by atomic mass is 10.1. The van der Waals surface area contributed by atoms with Gasteiger partial charge in [0.05, 0.1) is 19.7 Å². The Kier molecular flexibility index (Phi) is 3.17. The van der Waals surface area contributed by atoms with Crippen molar-refractivity contribution in [1.82, 2.24) is 9.97 Å². The Balaban J connectivity index is 2.44. The number of methoxy groups -OCH3 is 2. The summed E-state index contributed by atoms with van der Waals surface area (Å²) in [6.45, 7) is 1.92. The van der Waals surface area contributed by atoms with E-state index in [1.165, 1.54) is 7.11 Å². The normalized spacial score (nSPS) is 10.8. The van der Waals surface area contributed by atoms with Crippen molar-refractivity contribution in [2.45, 2.75) is 6.92 Å². The van der Waals surface area contributed by atoms with Crippen molar-refractivity contribution in [2.75, 3.05) is 14.2 Å². The summed E-state index contributed by atoms with van der Waals surface area (Å²) in [4.78, 5) is 20.7. The molecule has 21 heavy (non-hydrogen) atoms. The van der Waals surface area contributed by atoms with Crippen LogP contribution in [0.25, 0.3) is 21.8 Å². The molecule has 0 aliphatic carbocycles. The van der Waals surface area contributed by atoms with Gasteiger partial charge in [0.1, 0.15) is 11.3 Å². The molecule has 5 heteroatoms. The maximum atomic E-state index is 11.8. The van der Waals surface area contributed by atoms with Crippen LogP contribution >= 0.6 is 0 Å². The summed E-state index contributed by atoms with van der Waals surface area (Å²) in [7, 11) is 2.88. The van der Waals surface area contributed by atoms with Gasteiger partial charge in [-0.1, -0.05) is 12.1 Å². The lowest BCUT2D eigenvalue weighted by Crippen LogP contribution is -2.05. The van der Waals surface area contributed by atoms with E-state index in [0.29, 0.717) is 11.3 Å². The van der Waals surface area contributed by atoms with E-state index < -0.39 is 5.97 Å². The van der Waals surface area contributed by atoms with Gasteiger partial charge in [-0.2, -0.15) is 0 Å². The second-order valence-corrected chi connectivity index (χ2v) is 4.69. The molecular formula is C16H14N2O3. The van der Waals surface area contributed by atoms with Gasteiger partial charge < -0.3 is 9.47 Å². The van der Waals surface area contributed by atoms with Crippen LogP contribution in [0, 0.1) is 6.92 Å². The maximum absolute atomic E-state index is 11.8. The van der Waals surface area contributed by atoms with Gasteiger partial charge in [0.2, 0.25) is 0 Å². The minimum atomic E-state index is -0.500. The van der Waals surface area contributed by atoms with Gasteiger partial charge >= 0.3 is 5.97 Å². The number of carbonyl (C=O) groups is 1. The van der Waals surface area contributed by atoms with E-state index in [1.807, 2.05) is 31.2 Å². The molecule has 3 aromatic rings. The minimum Gasteiger partial charge on any atom is -0.496 e. The Morgan fingerprint density at radius 2 is 1.81 bits per heavy atom. The Bertz CT molecular complexity index is 859. The number of rotatable bonds is 2. The minimum absolute atomic E-state index is 0.206. The molecule has 0 N–H and O–H groups in total. The summed E-state index contributed by atoms with van der Waals surface area (Å²) >= 11 is 0. The predicted molar refractivity (Wildman–Crippen MR) is 79.7 cm³/mol. The molecular weight excluding hydrogens is 268 g/mol. The quantitative estimate of drug-likeness (QED) is 0.534. The zero-order valence-electron chi connectivity index (χ0n) is 12.0. The van der Waals surface area contributed by atoms with E-state index in [2.05, 4.69) is 9.97 Å². The van der Waals surface area contributed by atoms with Crippen LogP contribution in [0.15, 0.2) is 30.3 Å². The monoisotopic (exact) mass is 282 g/mol. The molecule has 0 amide bonds. The van der Waals surface area contributed by atoms with Crippen molar-refractivity contribution >= 4 is 27.8 Å². The fourth-order valence-corrected chi connectivity index (χ4v) is 2.32. The van der Waals surface area contributed by atoms with Crippen LogP contribution in [-0.2, 0) is 4.74 Å². The molecule has 0 fully saturated rings. The summed E-state index contributed by atoms with van der Waals surface area (Å²) in [5.74, 6) is 0.0745. The fourth-order valence-electron chi connectivity index (χ4n) is 2.32. The van der Waals surface area contributed by atoms with Crippen LogP contribution in [-0.4, -0.2) is 30.2 Å². The van der Waals surface area contributed by atoms with Gasteiger partial charge in [0, 0.05) is 22.5 Å². The number of ether oxygens (including phenoxy) is 2. The molecule has 0 atom stereocenters. The summed E-state index contributed by atoms with van der Waals surface area (Å²) in [5.41, 5.74) is 2.48. The number of esters is 1. The molecule has 0 saturated heterocycles. The van der Waals surface area contributed by atoms with Gasteiger partial charge in [-0.05, 0) is 19.1 Å². The van der Waals surface area contributed by atoms with Crippen molar-refractivity contribution in [3.8, 4) is 5.75 Å². The summed E-state index contributed by atoms with van der Waals surface area (Å²) in [6.07, 6.45) is 0. The number of pyridine rings is 2. The predicted octanol–water partition coefficient (Wildman–Crippen LogP) is 2.89. The van der Waals surface area contributed by atoms with Crippen molar-refractivity contribution < 1.29 is 14.3 Å². The molecule has 0 bridgehead atoms. The summed E-state index contributed by atoms with van der Waals surface area (Å²) in [5, 5.41) is 1.78. The average molecular weight is 282 g/mol. The van der Waals surface area contributed by atoms with Gasteiger partial charge in [-0.3, -0.25) is 4.98 Å². The Hall–Kier alpha value is -2.69. The lowest BCUT2D eigenvalue weighted by molar-refractivity contribution is 0.0594. The summed E-state index contributed by atoms with van der Waals surface area (Å²) in [6, 6.07) is 9.38. The third-order valence-corrected chi connectivity index (χ3v) is 3.35. The van der Waals surface area contributed by atoms with Crippen molar-refractivity contribution in [3.63, 3.8) is 0 Å². The van der Waals surface area contributed by atoms with Crippen LogP contribution in [0.3, 0.4) is 0 Å². The van der Waals surface area contributed by atoms with Crippen molar-refractivity contribution in [3.05, 3.63) is 41.7 Å². The van der Waals surface area contributed by atoms with E-state index in [4.69, 9.17) is 9.47 Å². The van der Waals surface area contributed by atoms with Crippen molar-refractivity contribution in [2.24, 2.45) is 0 Å². The number of aryl methyl sites for hydroxylation is 1. The molecule has 2 aromatic heterocycles. The molecule has 1 aromatic carbocycles. The molecule has 0 saturated carbocycles. The molecule has 5 nitrogen and oxygen atoms in total. The van der Waals surface area contributed by atoms with E-state index >= 15 is 0 Å². The Morgan fingerprint density at radius 1 is 1.05 bits per heavy atom. The highest BCUT2D eigenvalue weighted by Crippen LogP contribution is 2.30. The maximum Gasteiger partial charge on any atom is 0.356 e. The van der Waals surface area contributed by atoms with Crippen LogP contribution < -0.4 is 4.74 Å². The van der Waals surface area contributed by atoms with E-state index in [-0.39, 0.29) is 5.69 Å². The van der Waals surface area contributed by atoms with Crippen LogP contribution in [0.5, 0.6) is 5.75 Å². The average Bonchev–Trinajstić information content (AvgIpc) is 2.52. The molecule has 0 aliphatic rings. The first-order chi connectivity index (χ1) is 10.1. The second-order valence-electron chi connectivity index (χ2n) is 4.69. The van der Waals surface area contributed by atoms with E-state index in [1.54, 1.807) is 13.2 Å². The highest BCUT2D eigenvalue weighted by atomic mass is 16.5. The number of hydrogen-bond acceptors (Lipinski definition) is 5. The third kappa shape index (κ3) is 2.16. The highest BCUT2D eigenvalue weighted by molar-refractivity contribution is 6.06. The van der Waals surface area contributed by atoms with Crippen molar-refractivity contribution in [1.29, 1.82) is 0 Å². The number of fused-ring (bicyclic) bond motifs is 3. The van der Waals surface area contributed by atoms with E-state index in [0.717, 1.165) is 22.0 Å². The number of nitrogens with zero attached hydrogens (tertiary/aromatic N) is 2. The van der Waals surface area contributed by atoms with Gasteiger partial charge in [-0.15, -0.1) is 0 Å². The molecule has 106 valence electrons. The molecule has 2 heterocycles. The molecule has 0 radical (unpaired) electrons. The number of carbonyl (C=O) groups excluding carboxylic acids is 1.